The van der Waals surface area contributed by atoms with Crippen molar-refractivity contribution in [2.24, 2.45) is 0 Å². The van der Waals surface area contributed by atoms with Crippen molar-refractivity contribution in [2.75, 3.05) is 5.32 Å². The second-order valence-electron chi connectivity index (χ2n) is 4.55. The minimum Gasteiger partial charge on any atom is -0.465 e. The van der Waals surface area contributed by atoms with Gasteiger partial charge in [0.2, 0.25) is 0 Å². The third kappa shape index (κ3) is 3.99. The molecule has 102 valence electrons. The Kier molecular flexibility index (Phi) is 4.56. The fourth-order valence-electron chi connectivity index (χ4n) is 1.58. The van der Waals surface area contributed by atoms with Crippen LogP contribution in [0, 0.1) is 6.92 Å². The van der Waals surface area contributed by atoms with E-state index in [1.54, 1.807) is 6.92 Å². The van der Waals surface area contributed by atoms with Gasteiger partial charge in [0.1, 0.15) is 5.75 Å². The van der Waals surface area contributed by atoms with Gasteiger partial charge in [-0.3, -0.25) is 4.79 Å². The van der Waals surface area contributed by atoms with Crippen LogP contribution in [0.15, 0.2) is 66.4 Å². The summed E-state index contributed by atoms with van der Waals surface area (Å²) < 4.78 is 5.46. The zero-order valence-corrected chi connectivity index (χ0v) is 11.6. The number of aryl methyl sites for hydroxylation is 1. The summed E-state index contributed by atoms with van der Waals surface area (Å²) in [6.45, 7) is 3.73. The van der Waals surface area contributed by atoms with Gasteiger partial charge in [-0.1, -0.05) is 35.9 Å². The summed E-state index contributed by atoms with van der Waals surface area (Å²) in [4.78, 5) is 11.9. The maximum atomic E-state index is 11.9. The van der Waals surface area contributed by atoms with E-state index in [4.69, 9.17) is 4.74 Å². The monoisotopic (exact) mass is 267 g/mol. The summed E-state index contributed by atoms with van der Waals surface area (Å²) in [7, 11) is 0. The van der Waals surface area contributed by atoms with Crippen molar-refractivity contribution in [3.63, 3.8) is 0 Å². The van der Waals surface area contributed by atoms with Gasteiger partial charge < -0.3 is 10.1 Å². The van der Waals surface area contributed by atoms with Crippen LogP contribution >= 0.6 is 0 Å². The van der Waals surface area contributed by atoms with Crippen LogP contribution in [0.4, 0.5) is 5.69 Å². The quantitative estimate of drug-likeness (QED) is 0.673. The van der Waals surface area contributed by atoms with Gasteiger partial charge in [-0.15, -0.1) is 0 Å². The van der Waals surface area contributed by atoms with Crippen LogP contribution in [0.3, 0.4) is 0 Å². The zero-order chi connectivity index (χ0) is 14.4. The largest absolute Gasteiger partial charge is 0.465 e. The van der Waals surface area contributed by atoms with Crippen LogP contribution in [0.25, 0.3) is 0 Å². The number of carbonyl (C=O) groups excluding carboxylic acids is 1. The average molecular weight is 267 g/mol. The number of para-hydroxylation sites is 1. The van der Waals surface area contributed by atoms with Gasteiger partial charge in [0, 0.05) is 11.3 Å². The molecule has 2 rings (SSSR count). The van der Waals surface area contributed by atoms with Gasteiger partial charge >= 0.3 is 0 Å². The SMILES string of the molecule is CC(=COc1ccc(C)cc1)C(=O)Nc1ccccc1. The second kappa shape index (κ2) is 6.57. The lowest BCUT2D eigenvalue weighted by atomic mass is 10.2. The summed E-state index contributed by atoms with van der Waals surface area (Å²) in [5.74, 6) is 0.533. The predicted molar refractivity (Wildman–Crippen MR) is 80.6 cm³/mol. The van der Waals surface area contributed by atoms with Crippen LogP contribution < -0.4 is 10.1 Å². The molecule has 2 aromatic rings. The maximum Gasteiger partial charge on any atom is 0.254 e. The first-order valence-corrected chi connectivity index (χ1v) is 6.41. The predicted octanol–water partition coefficient (Wildman–Crippen LogP) is 3.92. The Balaban J connectivity index is 1.96. The molecule has 0 radical (unpaired) electrons. The first-order valence-electron chi connectivity index (χ1n) is 6.41. The van der Waals surface area contributed by atoms with E-state index >= 15 is 0 Å². The minimum absolute atomic E-state index is 0.177. The molecule has 0 aliphatic heterocycles. The molecule has 20 heavy (non-hydrogen) atoms. The molecular weight excluding hydrogens is 250 g/mol. The fourth-order valence-corrected chi connectivity index (χ4v) is 1.58. The number of carbonyl (C=O) groups is 1. The summed E-state index contributed by atoms with van der Waals surface area (Å²) >= 11 is 0. The highest BCUT2D eigenvalue weighted by Gasteiger charge is 2.04. The number of ether oxygens (including phenoxy) is 1. The van der Waals surface area contributed by atoms with Crippen LogP contribution in [-0.2, 0) is 4.79 Å². The number of amides is 1. The average Bonchev–Trinajstić information content (AvgIpc) is 2.47. The Labute approximate surface area is 118 Å². The molecule has 2 aromatic carbocycles. The van der Waals surface area contributed by atoms with Crippen molar-refractivity contribution in [3.8, 4) is 5.75 Å². The van der Waals surface area contributed by atoms with E-state index in [0.717, 1.165) is 5.69 Å². The Hall–Kier alpha value is -2.55. The molecule has 0 aliphatic carbocycles. The minimum atomic E-state index is -0.177. The number of rotatable bonds is 4. The van der Waals surface area contributed by atoms with E-state index in [9.17, 15) is 4.79 Å². The molecule has 3 heteroatoms. The highest BCUT2D eigenvalue weighted by Crippen LogP contribution is 2.13. The molecule has 0 aromatic heterocycles. The molecule has 0 heterocycles. The van der Waals surface area contributed by atoms with Crippen molar-refractivity contribution in [1.82, 2.24) is 0 Å². The normalized spacial score (nSPS) is 11.0. The van der Waals surface area contributed by atoms with Crippen molar-refractivity contribution >= 4 is 11.6 Å². The van der Waals surface area contributed by atoms with Gasteiger partial charge in [0.05, 0.1) is 6.26 Å². The highest BCUT2D eigenvalue weighted by molar-refractivity contribution is 6.03. The van der Waals surface area contributed by atoms with Gasteiger partial charge in [-0.05, 0) is 38.1 Å². The molecule has 0 fully saturated rings. The molecule has 0 saturated heterocycles. The van der Waals surface area contributed by atoms with E-state index in [0.29, 0.717) is 11.3 Å². The molecule has 0 atom stereocenters. The van der Waals surface area contributed by atoms with Gasteiger partial charge in [-0.25, -0.2) is 0 Å². The highest BCUT2D eigenvalue weighted by atomic mass is 16.5. The van der Waals surface area contributed by atoms with Crippen LogP contribution in [0.2, 0.25) is 0 Å². The van der Waals surface area contributed by atoms with Crippen molar-refractivity contribution in [1.29, 1.82) is 0 Å². The fraction of sp³-hybridized carbons (Fsp3) is 0.118. The Morgan fingerprint density at radius 3 is 2.35 bits per heavy atom. The maximum absolute atomic E-state index is 11.9. The molecule has 0 spiro atoms. The first-order chi connectivity index (χ1) is 9.65. The lowest BCUT2D eigenvalue weighted by molar-refractivity contribution is -0.112. The smallest absolute Gasteiger partial charge is 0.254 e. The summed E-state index contributed by atoms with van der Waals surface area (Å²) in [5.41, 5.74) is 2.44. The molecule has 0 saturated carbocycles. The number of nitrogens with one attached hydrogen (secondary N) is 1. The lowest BCUT2D eigenvalue weighted by Crippen LogP contribution is -2.13. The van der Waals surface area contributed by atoms with E-state index in [-0.39, 0.29) is 5.91 Å². The topological polar surface area (TPSA) is 38.3 Å². The van der Waals surface area contributed by atoms with Crippen LogP contribution in [-0.4, -0.2) is 5.91 Å². The molecular formula is C17H17NO2. The number of benzene rings is 2. The molecule has 3 nitrogen and oxygen atoms in total. The van der Waals surface area contributed by atoms with Crippen molar-refractivity contribution in [3.05, 3.63) is 72.0 Å². The molecule has 0 bridgehead atoms. The van der Waals surface area contributed by atoms with Crippen LogP contribution in [0.1, 0.15) is 12.5 Å². The number of anilines is 1. The Bertz CT molecular complexity index is 601. The number of hydrogen-bond donors (Lipinski definition) is 1. The summed E-state index contributed by atoms with van der Waals surface area (Å²) in [6, 6.07) is 17.0. The van der Waals surface area contributed by atoms with E-state index in [1.165, 1.54) is 11.8 Å². The zero-order valence-electron chi connectivity index (χ0n) is 11.6. The molecule has 1 amide bonds. The molecule has 1 N–H and O–H groups in total. The van der Waals surface area contributed by atoms with E-state index in [1.807, 2.05) is 61.5 Å². The van der Waals surface area contributed by atoms with E-state index < -0.39 is 0 Å². The van der Waals surface area contributed by atoms with Gasteiger partial charge in [0.15, 0.2) is 0 Å². The lowest BCUT2D eigenvalue weighted by Gasteiger charge is -2.06. The Morgan fingerprint density at radius 1 is 1.05 bits per heavy atom. The molecule has 0 unspecified atom stereocenters. The van der Waals surface area contributed by atoms with Crippen molar-refractivity contribution in [2.45, 2.75) is 13.8 Å². The first kappa shape index (κ1) is 13.9. The van der Waals surface area contributed by atoms with Crippen LogP contribution in [0.5, 0.6) is 5.75 Å². The summed E-state index contributed by atoms with van der Waals surface area (Å²) in [6.07, 6.45) is 1.46. The van der Waals surface area contributed by atoms with Gasteiger partial charge in [0.25, 0.3) is 5.91 Å². The van der Waals surface area contributed by atoms with Crippen molar-refractivity contribution < 1.29 is 9.53 Å². The standard InChI is InChI=1S/C17H17NO2/c1-13-8-10-16(11-9-13)20-12-14(2)17(19)18-15-6-4-3-5-7-15/h3-12H,1-2H3,(H,18,19). The summed E-state index contributed by atoms with van der Waals surface area (Å²) in [5, 5.41) is 2.80. The van der Waals surface area contributed by atoms with Gasteiger partial charge in [-0.2, -0.15) is 0 Å². The Morgan fingerprint density at radius 2 is 1.70 bits per heavy atom. The number of hydrogen-bond acceptors (Lipinski definition) is 2. The third-order valence-corrected chi connectivity index (χ3v) is 2.78. The third-order valence-electron chi connectivity index (χ3n) is 2.78. The molecule has 0 aliphatic rings. The second-order valence-corrected chi connectivity index (χ2v) is 4.55. The van der Waals surface area contributed by atoms with E-state index in [2.05, 4.69) is 5.32 Å².